The summed E-state index contributed by atoms with van der Waals surface area (Å²) in [5, 5.41) is 3.52. The molecule has 17 heavy (non-hydrogen) atoms. The first-order chi connectivity index (χ1) is 8.29. The summed E-state index contributed by atoms with van der Waals surface area (Å²) in [6, 6.07) is 0. The van der Waals surface area contributed by atoms with E-state index in [-0.39, 0.29) is 0 Å². The number of hydrogen-bond donors (Lipinski definition) is 1. The SMILES string of the molecule is CC(C)OCCCCNCCCN1CCCC1. The molecule has 0 bridgehead atoms. The van der Waals surface area contributed by atoms with Crippen LogP contribution in [-0.4, -0.2) is 50.3 Å². The minimum absolute atomic E-state index is 0.378. The Bertz CT molecular complexity index is 168. The molecule has 102 valence electrons. The van der Waals surface area contributed by atoms with Gasteiger partial charge in [0.05, 0.1) is 6.10 Å². The topological polar surface area (TPSA) is 24.5 Å². The molecule has 0 amide bonds. The highest BCUT2D eigenvalue weighted by molar-refractivity contribution is 4.66. The first-order valence-corrected chi connectivity index (χ1v) is 7.33. The van der Waals surface area contributed by atoms with Crippen molar-refractivity contribution in [3.63, 3.8) is 0 Å². The van der Waals surface area contributed by atoms with Crippen molar-refractivity contribution in [2.24, 2.45) is 0 Å². The molecular weight excluding hydrogens is 212 g/mol. The third-order valence-corrected chi connectivity index (χ3v) is 3.23. The van der Waals surface area contributed by atoms with Crippen molar-refractivity contribution in [3.8, 4) is 0 Å². The van der Waals surface area contributed by atoms with E-state index in [4.69, 9.17) is 4.74 Å². The molecule has 0 aliphatic carbocycles. The highest BCUT2D eigenvalue weighted by atomic mass is 16.5. The molecule has 1 aliphatic heterocycles. The summed E-state index contributed by atoms with van der Waals surface area (Å²) >= 11 is 0. The Morgan fingerprint density at radius 2 is 1.76 bits per heavy atom. The van der Waals surface area contributed by atoms with E-state index in [9.17, 15) is 0 Å². The number of rotatable bonds is 10. The van der Waals surface area contributed by atoms with E-state index >= 15 is 0 Å². The lowest BCUT2D eigenvalue weighted by Crippen LogP contribution is -2.25. The van der Waals surface area contributed by atoms with Crippen molar-refractivity contribution in [3.05, 3.63) is 0 Å². The molecule has 0 unspecified atom stereocenters. The first-order valence-electron chi connectivity index (χ1n) is 7.33. The predicted octanol–water partition coefficient (Wildman–Crippen LogP) is 2.27. The van der Waals surface area contributed by atoms with Crippen molar-refractivity contribution in [1.82, 2.24) is 10.2 Å². The number of ether oxygens (including phenoxy) is 1. The molecule has 0 spiro atoms. The predicted molar refractivity (Wildman–Crippen MR) is 73.5 cm³/mol. The lowest BCUT2D eigenvalue weighted by atomic mass is 10.3. The Labute approximate surface area is 107 Å². The first kappa shape index (κ1) is 14.9. The summed E-state index contributed by atoms with van der Waals surface area (Å²) in [7, 11) is 0. The van der Waals surface area contributed by atoms with Crippen LogP contribution in [0.3, 0.4) is 0 Å². The second kappa shape index (κ2) is 9.86. The van der Waals surface area contributed by atoms with Gasteiger partial charge in [-0.2, -0.15) is 0 Å². The summed E-state index contributed by atoms with van der Waals surface area (Å²) in [5.74, 6) is 0. The average molecular weight is 242 g/mol. The molecular formula is C14H30N2O. The fourth-order valence-corrected chi connectivity index (χ4v) is 2.23. The Balaban J connectivity index is 1.72. The zero-order chi connectivity index (χ0) is 12.3. The third-order valence-electron chi connectivity index (χ3n) is 3.23. The van der Waals surface area contributed by atoms with Gasteiger partial charge in [0.25, 0.3) is 0 Å². The molecule has 3 heteroatoms. The fourth-order valence-electron chi connectivity index (χ4n) is 2.23. The van der Waals surface area contributed by atoms with Crippen LogP contribution in [0, 0.1) is 0 Å². The molecule has 1 heterocycles. The van der Waals surface area contributed by atoms with E-state index in [1.807, 2.05) is 0 Å². The van der Waals surface area contributed by atoms with Crippen molar-refractivity contribution in [2.75, 3.05) is 39.3 Å². The van der Waals surface area contributed by atoms with Crippen molar-refractivity contribution < 1.29 is 4.74 Å². The zero-order valence-electron chi connectivity index (χ0n) is 11.7. The van der Waals surface area contributed by atoms with E-state index in [0.29, 0.717) is 6.10 Å². The Hall–Kier alpha value is -0.120. The standard InChI is InChI=1S/C14H30N2O/c1-14(2)17-13-6-3-8-15-9-7-12-16-10-4-5-11-16/h14-15H,3-13H2,1-2H3. The van der Waals surface area contributed by atoms with Crippen molar-refractivity contribution >= 4 is 0 Å². The summed E-state index contributed by atoms with van der Waals surface area (Å²) in [4.78, 5) is 2.58. The van der Waals surface area contributed by atoms with Gasteiger partial charge in [-0.1, -0.05) is 0 Å². The van der Waals surface area contributed by atoms with Crippen LogP contribution in [-0.2, 0) is 4.74 Å². The molecule has 1 rings (SSSR count). The van der Waals surface area contributed by atoms with Crippen LogP contribution in [0.5, 0.6) is 0 Å². The normalized spacial score (nSPS) is 17.1. The maximum atomic E-state index is 5.50. The zero-order valence-corrected chi connectivity index (χ0v) is 11.7. The Morgan fingerprint density at radius 1 is 1.06 bits per heavy atom. The number of likely N-dealkylation sites (tertiary alicyclic amines) is 1. The van der Waals surface area contributed by atoms with Crippen LogP contribution in [0.25, 0.3) is 0 Å². The maximum Gasteiger partial charge on any atom is 0.0518 e. The van der Waals surface area contributed by atoms with Gasteiger partial charge in [0, 0.05) is 6.61 Å². The van der Waals surface area contributed by atoms with Gasteiger partial charge in [0.15, 0.2) is 0 Å². The van der Waals surface area contributed by atoms with Gasteiger partial charge < -0.3 is 15.0 Å². The van der Waals surface area contributed by atoms with Gasteiger partial charge in [0.1, 0.15) is 0 Å². The van der Waals surface area contributed by atoms with Crippen molar-refractivity contribution in [2.45, 2.75) is 52.1 Å². The second-order valence-corrected chi connectivity index (χ2v) is 5.28. The van der Waals surface area contributed by atoms with E-state index in [0.717, 1.165) is 13.2 Å². The monoisotopic (exact) mass is 242 g/mol. The summed E-state index contributed by atoms with van der Waals surface area (Å²) < 4.78 is 5.50. The van der Waals surface area contributed by atoms with E-state index in [1.54, 1.807) is 0 Å². The van der Waals surface area contributed by atoms with Crippen LogP contribution in [0.2, 0.25) is 0 Å². The van der Waals surface area contributed by atoms with Gasteiger partial charge in [0.2, 0.25) is 0 Å². The lowest BCUT2D eigenvalue weighted by molar-refractivity contribution is 0.0760. The van der Waals surface area contributed by atoms with Gasteiger partial charge >= 0.3 is 0 Å². The highest BCUT2D eigenvalue weighted by Gasteiger charge is 2.09. The largest absolute Gasteiger partial charge is 0.379 e. The molecule has 1 saturated heterocycles. The quantitative estimate of drug-likeness (QED) is 0.595. The number of nitrogens with zero attached hydrogens (tertiary/aromatic N) is 1. The second-order valence-electron chi connectivity index (χ2n) is 5.28. The van der Waals surface area contributed by atoms with Crippen LogP contribution in [0.15, 0.2) is 0 Å². The van der Waals surface area contributed by atoms with Gasteiger partial charge in [-0.3, -0.25) is 0 Å². The number of unbranched alkanes of at least 4 members (excludes halogenated alkanes) is 1. The van der Waals surface area contributed by atoms with E-state index in [1.165, 1.54) is 58.3 Å². The van der Waals surface area contributed by atoms with Crippen LogP contribution in [0.4, 0.5) is 0 Å². The summed E-state index contributed by atoms with van der Waals surface area (Å²) in [6.45, 7) is 11.3. The minimum Gasteiger partial charge on any atom is -0.379 e. The average Bonchev–Trinajstić information content (AvgIpc) is 2.79. The molecule has 3 nitrogen and oxygen atoms in total. The smallest absolute Gasteiger partial charge is 0.0518 e. The molecule has 1 fully saturated rings. The highest BCUT2D eigenvalue weighted by Crippen LogP contribution is 2.06. The van der Waals surface area contributed by atoms with Crippen LogP contribution >= 0.6 is 0 Å². The summed E-state index contributed by atoms with van der Waals surface area (Å²) in [6.07, 6.45) is 6.89. The molecule has 1 N–H and O–H groups in total. The molecule has 0 aromatic heterocycles. The van der Waals surface area contributed by atoms with Crippen molar-refractivity contribution in [1.29, 1.82) is 0 Å². The molecule has 0 aromatic carbocycles. The molecule has 0 saturated carbocycles. The summed E-state index contributed by atoms with van der Waals surface area (Å²) in [5.41, 5.74) is 0. The third kappa shape index (κ3) is 8.58. The van der Waals surface area contributed by atoms with Gasteiger partial charge in [-0.25, -0.2) is 0 Å². The molecule has 0 radical (unpaired) electrons. The van der Waals surface area contributed by atoms with E-state index in [2.05, 4.69) is 24.1 Å². The van der Waals surface area contributed by atoms with Gasteiger partial charge in [-0.15, -0.1) is 0 Å². The molecule has 0 atom stereocenters. The minimum atomic E-state index is 0.378. The van der Waals surface area contributed by atoms with E-state index < -0.39 is 0 Å². The number of hydrogen-bond acceptors (Lipinski definition) is 3. The Kier molecular flexibility index (Phi) is 8.67. The lowest BCUT2D eigenvalue weighted by Gasteiger charge is -2.14. The molecule has 1 aliphatic rings. The maximum absolute atomic E-state index is 5.50. The number of nitrogens with one attached hydrogen (secondary N) is 1. The molecule has 0 aromatic rings. The van der Waals surface area contributed by atoms with Crippen LogP contribution < -0.4 is 5.32 Å². The fraction of sp³-hybridized carbons (Fsp3) is 1.00. The van der Waals surface area contributed by atoms with Crippen LogP contribution in [0.1, 0.15) is 46.0 Å². The van der Waals surface area contributed by atoms with Gasteiger partial charge in [-0.05, 0) is 78.7 Å². The Morgan fingerprint density at radius 3 is 2.47 bits per heavy atom.